The van der Waals surface area contributed by atoms with E-state index in [1.165, 1.54) is 11.2 Å². The third-order valence-electron chi connectivity index (χ3n) is 4.37. The number of nitrogens with zero attached hydrogens (tertiary/aromatic N) is 4. The smallest absolute Gasteiger partial charge is 0.0969 e. The maximum atomic E-state index is 4.47. The fourth-order valence-electron chi connectivity index (χ4n) is 3.12. The van der Waals surface area contributed by atoms with Gasteiger partial charge in [0.25, 0.3) is 0 Å². The van der Waals surface area contributed by atoms with Crippen LogP contribution in [-0.4, -0.2) is 40.6 Å². The van der Waals surface area contributed by atoms with Crippen LogP contribution in [0, 0.1) is 0 Å². The summed E-state index contributed by atoms with van der Waals surface area (Å²) < 4.78 is 2.24. The van der Waals surface area contributed by atoms with E-state index < -0.39 is 0 Å². The molecule has 0 unspecified atom stereocenters. The van der Waals surface area contributed by atoms with Crippen LogP contribution in [0.5, 0.6) is 0 Å². The van der Waals surface area contributed by atoms with Crippen molar-refractivity contribution in [1.29, 1.82) is 0 Å². The van der Waals surface area contributed by atoms with Crippen molar-refractivity contribution in [2.45, 2.75) is 6.67 Å². The van der Waals surface area contributed by atoms with E-state index in [0.29, 0.717) is 0 Å². The van der Waals surface area contributed by atoms with E-state index in [1.807, 2.05) is 12.4 Å². The van der Waals surface area contributed by atoms with E-state index >= 15 is 0 Å². The van der Waals surface area contributed by atoms with Gasteiger partial charge in [0.2, 0.25) is 0 Å². The van der Waals surface area contributed by atoms with Gasteiger partial charge >= 0.3 is 0 Å². The fourth-order valence-corrected chi connectivity index (χ4v) is 3.12. The van der Waals surface area contributed by atoms with Gasteiger partial charge in [-0.15, -0.1) is 0 Å². The Hall–Kier alpha value is -2.33. The second-order valence-electron chi connectivity index (χ2n) is 5.79. The number of imidazole rings is 1. The summed E-state index contributed by atoms with van der Waals surface area (Å²) in [5.41, 5.74) is 3.62. The Kier molecular flexibility index (Phi) is 3.52. The summed E-state index contributed by atoms with van der Waals surface area (Å²) >= 11 is 0. The molecule has 1 saturated heterocycles. The first-order chi connectivity index (χ1) is 10.9. The lowest BCUT2D eigenvalue weighted by Crippen LogP contribution is -2.46. The Labute approximate surface area is 130 Å². The molecular formula is C18H20N4. The van der Waals surface area contributed by atoms with E-state index in [9.17, 15) is 0 Å². The first-order valence-electron chi connectivity index (χ1n) is 7.82. The molecule has 2 aromatic carbocycles. The van der Waals surface area contributed by atoms with Gasteiger partial charge in [-0.25, -0.2) is 4.98 Å². The van der Waals surface area contributed by atoms with E-state index in [1.54, 1.807) is 0 Å². The number of hydrogen-bond donors (Lipinski definition) is 0. The lowest BCUT2D eigenvalue weighted by molar-refractivity contribution is 0.209. The van der Waals surface area contributed by atoms with Crippen molar-refractivity contribution < 1.29 is 0 Å². The van der Waals surface area contributed by atoms with Crippen molar-refractivity contribution >= 4 is 16.7 Å². The largest absolute Gasteiger partial charge is 0.369 e. The predicted molar refractivity (Wildman–Crippen MR) is 90.0 cm³/mol. The topological polar surface area (TPSA) is 24.3 Å². The number of piperazine rings is 1. The average Bonchev–Trinajstić information content (AvgIpc) is 3.00. The lowest BCUT2D eigenvalue weighted by atomic mass is 10.2. The van der Waals surface area contributed by atoms with Crippen molar-refractivity contribution in [3.05, 3.63) is 60.9 Å². The summed E-state index contributed by atoms with van der Waals surface area (Å²) in [4.78, 5) is 9.43. The van der Waals surface area contributed by atoms with Gasteiger partial charge in [-0.05, 0) is 24.3 Å². The molecule has 4 heteroatoms. The SMILES string of the molecule is c1ccc(N2CCN(Cn3cnc4ccccc43)CC2)cc1. The van der Waals surface area contributed by atoms with Crippen LogP contribution >= 0.6 is 0 Å². The van der Waals surface area contributed by atoms with Crippen LogP contribution in [0.1, 0.15) is 0 Å². The number of hydrogen-bond acceptors (Lipinski definition) is 3. The average molecular weight is 292 g/mol. The fraction of sp³-hybridized carbons (Fsp3) is 0.278. The number of benzene rings is 2. The van der Waals surface area contributed by atoms with Crippen LogP contribution in [0.3, 0.4) is 0 Å². The first-order valence-corrected chi connectivity index (χ1v) is 7.82. The third-order valence-corrected chi connectivity index (χ3v) is 4.37. The normalized spacial score (nSPS) is 16.3. The van der Waals surface area contributed by atoms with E-state index in [-0.39, 0.29) is 0 Å². The van der Waals surface area contributed by atoms with Crippen LogP contribution in [0.15, 0.2) is 60.9 Å². The molecule has 1 aliphatic rings. The number of anilines is 1. The van der Waals surface area contributed by atoms with Gasteiger partial charge in [0, 0.05) is 31.9 Å². The second-order valence-corrected chi connectivity index (χ2v) is 5.79. The van der Waals surface area contributed by atoms with E-state index in [2.05, 4.69) is 67.9 Å². The molecule has 3 aromatic rings. The minimum atomic E-state index is 0.920. The van der Waals surface area contributed by atoms with Crippen LogP contribution in [0.4, 0.5) is 5.69 Å². The van der Waals surface area contributed by atoms with Gasteiger partial charge in [0.15, 0.2) is 0 Å². The minimum Gasteiger partial charge on any atom is -0.369 e. The Morgan fingerprint density at radius 2 is 1.55 bits per heavy atom. The van der Waals surface area contributed by atoms with Crippen molar-refractivity contribution in [2.75, 3.05) is 31.1 Å². The molecular weight excluding hydrogens is 272 g/mol. The minimum absolute atomic E-state index is 0.920. The monoisotopic (exact) mass is 292 g/mol. The molecule has 0 spiro atoms. The van der Waals surface area contributed by atoms with Gasteiger partial charge in [-0.3, -0.25) is 4.90 Å². The zero-order valence-corrected chi connectivity index (χ0v) is 12.6. The van der Waals surface area contributed by atoms with Gasteiger partial charge in [-0.1, -0.05) is 30.3 Å². The quantitative estimate of drug-likeness (QED) is 0.742. The first kappa shape index (κ1) is 13.3. The molecule has 22 heavy (non-hydrogen) atoms. The van der Waals surface area contributed by atoms with Crippen LogP contribution in [-0.2, 0) is 6.67 Å². The Morgan fingerprint density at radius 1 is 0.818 bits per heavy atom. The molecule has 0 atom stereocenters. The summed E-state index contributed by atoms with van der Waals surface area (Å²) in [6, 6.07) is 19.0. The Balaban J connectivity index is 1.42. The van der Waals surface area contributed by atoms with Gasteiger partial charge < -0.3 is 9.47 Å². The zero-order chi connectivity index (χ0) is 14.8. The molecule has 1 fully saturated rings. The summed E-state index contributed by atoms with van der Waals surface area (Å²) in [6.07, 6.45) is 1.95. The number of aromatic nitrogens is 2. The molecule has 0 saturated carbocycles. The maximum absolute atomic E-state index is 4.47. The molecule has 0 bridgehead atoms. The Bertz CT molecular complexity index is 742. The molecule has 4 nitrogen and oxygen atoms in total. The lowest BCUT2D eigenvalue weighted by Gasteiger charge is -2.36. The van der Waals surface area contributed by atoms with Crippen molar-refractivity contribution in [2.24, 2.45) is 0 Å². The molecule has 4 rings (SSSR count). The summed E-state index contributed by atoms with van der Waals surface area (Å²) in [6.45, 7) is 5.25. The van der Waals surface area contributed by atoms with Crippen molar-refractivity contribution in [1.82, 2.24) is 14.5 Å². The number of rotatable bonds is 3. The van der Waals surface area contributed by atoms with Gasteiger partial charge in [0.05, 0.1) is 24.0 Å². The molecule has 2 heterocycles. The van der Waals surface area contributed by atoms with Crippen LogP contribution < -0.4 is 4.90 Å². The zero-order valence-electron chi connectivity index (χ0n) is 12.6. The second kappa shape index (κ2) is 5.81. The molecule has 0 N–H and O–H groups in total. The highest BCUT2D eigenvalue weighted by Gasteiger charge is 2.17. The number of para-hydroxylation sites is 3. The highest BCUT2D eigenvalue weighted by atomic mass is 15.3. The van der Waals surface area contributed by atoms with Gasteiger partial charge in [-0.2, -0.15) is 0 Å². The van der Waals surface area contributed by atoms with Crippen LogP contribution in [0.25, 0.3) is 11.0 Å². The highest BCUT2D eigenvalue weighted by Crippen LogP contribution is 2.17. The molecule has 0 aliphatic carbocycles. The number of fused-ring (bicyclic) bond motifs is 1. The Morgan fingerprint density at radius 3 is 2.36 bits per heavy atom. The van der Waals surface area contributed by atoms with Crippen molar-refractivity contribution in [3.8, 4) is 0 Å². The summed E-state index contributed by atoms with van der Waals surface area (Å²) in [5.74, 6) is 0. The highest BCUT2D eigenvalue weighted by molar-refractivity contribution is 5.74. The molecule has 0 radical (unpaired) electrons. The molecule has 1 aliphatic heterocycles. The van der Waals surface area contributed by atoms with Gasteiger partial charge in [0.1, 0.15) is 0 Å². The van der Waals surface area contributed by atoms with Crippen molar-refractivity contribution in [3.63, 3.8) is 0 Å². The van der Waals surface area contributed by atoms with E-state index in [4.69, 9.17) is 0 Å². The molecule has 0 amide bonds. The van der Waals surface area contributed by atoms with E-state index in [0.717, 1.165) is 38.4 Å². The third kappa shape index (κ3) is 2.57. The summed E-state index contributed by atoms with van der Waals surface area (Å²) in [7, 11) is 0. The molecule has 1 aromatic heterocycles. The standard InChI is InChI=1S/C18H20N4/c1-2-6-16(7-3-1)21-12-10-20(11-13-21)15-22-14-19-17-8-4-5-9-18(17)22/h1-9,14H,10-13,15H2. The maximum Gasteiger partial charge on any atom is 0.0969 e. The summed E-state index contributed by atoms with van der Waals surface area (Å²) in [5, 5.41) is 0. The van der Waals surface area contributed by atoms with Crippen LogP contribution in [0.2, 0.25) is 0 Å². The molecule has 112 valence electrons. The predicted octanol–water partition coefficient (Wildman–Crippen LogP) is 2.82.